The van der Waals surface area contributed by atoms with Crippen molar-refractivity contribution in [2.24, 2.45) is 0 Å². The average molecular weight is 387 g/mol. The normalized spacial score (nSPS) is 11.0. The van der Waals surface area contributed by atoms with Gasteiger partial charge in [0.2, 0.25) is 6.20 Å². The first kappa shape index (κ1) is 18.7. The van der Waals surface area contributed by atoms with Gasteiger partial charge in [-0.25, -0.2) is 0 Å². The summed E-state index contributed by atoms with van der Waals surface area (Å²) in [5, 5.41) is 2.98. The first-order chi connectivity index (χ1) is 14.0. The van der Waals surface area contributed by atoms with E-state index in [0.717, 1.165) is 16.8 Å². The summed E-state index contributed by atoms with van der Waals surface area (Å²) in [7, 11) is 0. The molecule has 0 bridgehead atoms. The highest BCUT2D eigenvalue weighted by Gasteiger charge is 2.18. The molecule has 0 aliphatic carbocycles. The van der Waals surface area contributed by atoms with Gasteiger partial charge in [-0.3, -0.25) is 9.20 Å². The molecule has 0 saturated heterocycles. The van der Waals surface area contributed by atoms with Crippen LogP contribution in [0, 0.1) is 11.8 Å². The van der Waals surface area contributed by atoms with E-state index in [-0.39, 0.29) is 5.91 Å². The summed E-state index contributed by atoms with van der Waals surface area (Å²) in [5.74, 6) is -0.177. The molecule has 0 radical (unpaired) electrons. The van der Waals surface area contributed by atoms with Gasteiger partial charge in [0, 0.05) is 17.1 Å². The van der Waals surface area contributed by atoms with Crippen molar-refractivity contribution in [2.45, 2.75) is 26.8 Å². The van der Waals surface area contributed by atoms with E-state index in [1.54, 1.807) is 10.6 Å². The van der Waals surface area contributed by atoms with Gasteiger partial charge in [-0.2, -0.15) is 0 Å². The Morgan fingerprint density at radius 3 is 2.38 bits per heavy atom. The third kappa shape index (κ3) is 3.82. The van der Waals surface area contributed by atoms with Gasteiger partial charge in [0.05, 0.1) is 10.6 Å². The number of fused-ring (bicyclic) bond motifs is 1. The van der Waals surface area contributed by atoms with E-state index in [1.165, 1.54) is 23.5 Å². The number of rotatable bonds is 5. The third-order valence-corrected chi connectivity index (χ3v) is 5.04. The summed E-state index contributed by atoms with van der Waals surface area (Å²) in [4.78, 5) is 27.5. The van der Waals surface area contributed by atoms with Crippen molar-refractivity contribution in [1.82, 2.24) is 14.7 Å². The Morgan fingerprint density at radius 1 is 1.07 bits per heavy atom. The maximum absolute atomic E-state index is 12.8. The fourth-order valence-corrected chi connectivity index (χ4v) is 3.41. The van der Waals surface area contributed by atoms with Gasteiger partial charge in [0.25, 0.3) is 12.1 Å². The molecule has 0 aliphatic heterocycles. The second-order valence-electron chi connectivity index (χ2n) is 7.09. The summed E-state index contributed by atoms with van der Waals surface area (Å²) >= 11 is 0. The SMILES string of the molecule is CCc1[nH]c2c[n+](=O)ccn2c1C(=O)NCc1ccc(-c2ccc(C)cc2)cc1. The lowest BCUT2D eigenvalue weighted by atomic mass is 10.0. The number of aryl methyl sites for hydroxylation is 2. The number of hydrogen-bond acceptors (Lipinski definition) is 2. The lowest BCUT2D eigenvalue weighted by Crippen LogP contribution is -2.25. The molecule has 0 atom stereocenters. The first-order valence-electron chi connectivity index (χ1n) is 9.64. The minimum Gasteiger partial charge on any atom is -0.347 e. The summed E-state index contributed by atoms with van der Waals surface area (Å²) < 4.78 is 2.42. The molecule has 2 heterocycles. The Labute approximate surface area is 168 Å². The third-order valence-electron chi connectivity index (χ3n) is 5.04. The smallest absolute Gasteiger partial charge is 0.270 e. The van der Waals surface area contributed by atoms with Crippen LogP contribution in [0.15, 0.2) is 67.1 Å². The highest BCUT2D eigenvalue weighted by atomic mass is 16.3. The topological polar surface area (TPSA) is 72.3 Å². The van der Waals surface area contributed by atoms with Crippen molar-refractivity contribution in [3.05, 3.63) is 94.5 Å². The van der Waals surface area contributed by atoms with Gasteiger partial charge in [-0.05, 0) is 30.0 Å². The van der Waals surface area contributed by atoms with Gasteiger partial charge in [0.15, 0.2) is 5.65 Å². The number of H-pyrrole nitrogens is 1. The molecule has 29 heavy (non-hydrogen) atoms. The Morgan fingerprint density at radius 2 is 1.72 bits per heavy atom. The van der Waals surface area contributed by atoms with E-state index in [4.69, 9.17) is 0 Å². The molecule has 0 spiro atoms. The van der Waals surface area contributed by atoms with E-state index < -0.39 is 0 Å². The summed E-state index contributed by atoms with van der Waals surface area (Å²) in [5.41, 5.74) is 6.49. The van der Waals surface area contributed by atoms with E-state index in [9.17, 15) is 9.70 Å². The molecule has 4 aromatic rings. The Bertz CT molecular complexity index is 1220. The lowest BCUT2D eigenvalue weighted by molar-refractivity contribution is -0.493. The quantitative estimate of drug-likeness (QED) is 0.513. The maximum atomic E-state index is 12.8. The molecule has 0 unspecified atom stereocenters. The van der Waals surface area contributed by atoms with E-state index in [0.29, 0.717) is 28.7 Å². The Kier molecular flexibility index (Phi) is 4.99. The largest absolute Gasteiger partial charge is 0.347 e. The molecule has 2 N–H and O–H groups in total. The first-order valence-corrected chi connectivity index (χ1v) is 9.64. The number of nitrogens with one attached hydrogen (secondary N) is 2. The number of imidazole rings is 1. The van der Waals surface area contributed by atoms with Crippen molar-refractivity contribution in [1.29, 1.82) is 0 Å². The number of carbonyl (C=O) groups excluding carboxylic acids is 1. The molecule has 0 aliphatic rings. The van der Waals surface area contributed by atoms with Crippen molar-refractivity contribution in [3.8, 4) is 11.1 Å². The van der Waals surface area contributed by atoms with E-state index in [2.05, 4.69) is 53.6 Å². The molecule has 4 rings (SSSR count). The van der Waals surface area contributed by atoms with Gasteiger partial charge in [0.1, 0.15) is 5.69 Å². The fraction of sp³-hybridized carbons (Fsp3) is 0.174. The van der Waals surface area contributed by atoms with Crippen LogP contribution in [0.5, 0.6) is 0 Å². The second kappa shape index (κ2) is 7.75. The van der Waals surface area contributed by atoms with Crippen LogP contribution in [0.4, 0.5) is 0 Å². The maximum Gasteiger partial charge on any atom is 0.270 e. The average Bonchev–Trinajstić information content (AvgIpc) is 3.10. The second-order valence-corrected chi connectivity index (χ2v) is 7.09. The van der Waals surface area contributed by atoms with E-state index >= 15 is 0 Å². The number of hydrogen-bond donors (Lipinski definition) is 2. The summed E-state index contributed by atoms with van der Waals surface area (Å²) in [6.07, 6.45) is 5.05. The van der Waals surface area contributed by atoms with Gasteiger partial charge in [-0.15, -0.1) is 0 Å². The molecular formula is C23H23N4O2+. The van der Waals surface area contributed by atoms with Crippen LogP contribution in [0.1, 0.15) is 34.2 Å². The van der Waals surface area contributed by atoms with Gasteiger partial charge < -0.3 is 10.3 Å². The molecule has 6 heteroatoms. The van der Waals surface area contributed by atoms with Crippen LogP contribution in [-0.4, -0.2) is 15.3 Å². The van der Waals surface area contributed by atoms with Crippen molar-refractivity contribution < 1.29 is 9.22 Å². The Balaban J connectivity index is 1.51. The highest BCUT2D eigenvalue weighted by molar-refractivity contribution is 5.94. The molecule has 2 aromatic heterocycles. The van der Waals surface area contributed by atoms with Crippen molar-refractivity contribution in [3.63, 3.8) is 0 Å². The molecule has 0 fully saturated rings. The minimum absolute atomic E-state index is 0.177. The van der Waals surface area contributed by atoms with Gasteiger partial charge >= 0.3 is 0 Å². The molecule has 146 valence electrons. The van der Waals surface area contributed by atoms with Gasteiger partial charge in [-0.1, -0.05) is 61.0 Å². The lowest BCUT2D eigenvalue weighted by Gasteiger charge is -2.08. The molecular weight excluding hydrogens is 364 g/mol. The van der Waals surface area contributed by atoms with Crippen LogP contribution in [0.2, 0.25) is 0 Å². The number of aromatic nitrogens is 3. The van der Waals surface area contributed by atoms with Crippen molar-refractivity contribution >= 4 is 11.6 Å². The number of benzene rings is 2. The van der Waals surface area contributed by atoms with Crippen LogP contribution >= 0.6 is 0 Å². The number of nitrogens with zero attached hydrogens (tertiary/aromatic N) is 2. The molecule has 6 nitrogen and oxygen atoms in total. The Hall–Kier alpha value is -3.67. The zero-order valence-electron chi connectivity index (χ0n) is 16.5. The van der Waals surface area contributed by atoms with E-state index in [1.807, 2.05) is 19.1 Å². The van der Waals surface area contributed by atoms with Crippen LogP contribution in [0.3, 0.4) is 0 Å². The van der Waals surface area contributed by atoms with Crippen LogP contribution < -0.4 is 9.74 Å². The monoisotopic (exact) mass is 387 g/mol. The summed E-state index contributed by atoms with van der Waals surface area (Å²) in [6, 6.07) is 16.6. The zero-order valence-corrected chi connectivity index (χ0v) is 16.5. The minimum atomic E-state index is -0.177. The predicted octanol–water partition coefficient (Wildman–Crippen LogP) is 3.65. The highest BCUT2D eigenvalue weighted by Crippen LogP contribution is 2.20. The fourth-order valence-electron chi connectivity index (χ4n) is 3.41. The molecule has 2 aromatic carbocycles. The predicted molar refractivity (Wildman–Crippen MR) is 112 cm³/mol. The van der Waals surface area contributed by atoms with Crippen molar-refractivity contribution in [2.75, 3.05) is 0 Å². The standard InChI is InChI=1S/C23H22N4O2/c1-3-20-22(27-13-12-26(29)15-21(27)25-20)23(28)24-14-17-6-10-19(11-7-17)18-8-4-16(2)5-9-18/h4-13,15H,3,14H2,1-2H3,(H-,24,25,28,29)/p+1. The number of aromatic amines is 1. The molecule has 0 saturated carbocycles. The molecule has 1 amide bonds. The van der Waals surface area contributed by atoms with Crippen LogP contribution in [0.25, 0.3) is 16.8 Å². The number of amides is 1. The number of carbonyl (C=O) groups is 1. The van der Waals surface area contributed by atoms with Crippen LogP contribution in [-0.2, 0) is 13.0 Å². The zero-order chi connectivity index (χ0) is 20.4. The summed E-state index contributed by atoms with van der Waals surface area (Å²) in [6.45, 7) is 4.47.